The Labute approximate surface area is 310 Å². The van der Waals surface area contributed by atoms with Crippen LogP contribution in [0.4, 0.5) is 17.1 Å². The van der Waals surface area contributed by atoms with Crippen molar-refractivity contribution in [1.29, 1.82) is 0 Å². The number of para-hydroxylation sites is 3. The van der Waals surface area contributed by atoms with Crippen LogP contribution in [-0.4, -0.2) is 9.55 Å². The Kier molecular flexibility index (Phi) is 6.79. The van der Waals surface area contributed by atoms with E-state index in [4.69, 9.17) is 13.8 Å². The summed E-state index contributed by atoms with van der Waals surface area (Å²) >= 11 is 0. The van der Waals surface area contributed by atoms with Crippen molar-refractivity contribution in [3.05, 3.63) is 188 Å². The lowest BCUT2D eigenvalue weighted by Crippen LogP contribution is -2.11. The summed E-state index contributed by atoms with van der Waals surface area (Å²) in [6.45, 7) is 0. The molecule has 3 heterocycles. The van der Waals surface area contributed by atoms with Gasteiger partial charge >= 0.3 is 0 Å². The summed E-state index contributed by atoms with van der Waals surface area (Å²) in [7, 11) is 0. The minimum Gasteiger partial charge on any atom is -0.456 e. The van der Waals surface area contributed by atoms with Crippen molar-refractivity contribution in [2.75, 3.05) is 4.90 Å². The second-order valence-electron chi connectivity index (χ2n) is 13.5. The van der Waals surface area contributed by atoms with Gasteiger partial charge in [0.25, 0.3) is 0 Å². The predicted molar refractivity (Wildman–Crippen MR) is 221 cm³/mol. The van der Waals surface area contributed by atoms with Crippen LogP contribution in [0.2, 0.25) is 0 Å². The highest BCUT2D eigenvalue weighted by molar-refractivity contribution is 6.19. The summed E-state index contributed by atoms with van der Waals surface area (Å²) in [5.74, 6) is 0.593. The van der Waals surface area contributed by atoms with E-state index in [0.717, 1.165) is 83.5 Å². The van der Waals surface area contributed by atoms with Gasteiger partial charge in [-0.2, -0.15) is 0 Å². The molecule has 11 aromatic rings. The first-order chi connectivity index (χ1) is 26.8. The number of fused-ring (bicyclic) bond motifs is 8. The van der Waals surface area contributed by atoms with Gasteiger partial charge in [-0.1, -0.05) is 109 Å². The van der Waals surface area contributed by atoms with E-state index in [0.29, 0.717) is 5.89 Å². The number of hydrogen-bond donors (Lipinski definition) is 0. The monoisotopic (exact) mass is 693 g/mol. The van der Waals surface area contributed by atoms with Crippen LogP contribution in [0.3, 0.4) is 0 Å². The Morgan fingerprint density at radius 1 is 0.463 bits per heavy atom. The van der Waals surface area contributed by atoms with Crippen molar-refractivity contribution >= 4 is 71.9 Å². The maximum Gasteiger partial charge on any atom is 0.227 e. The zero-order chi connectivity index (χ0) is 35.6. The zero-order valence-electron chi connectivity index (χ0n) is 29.1. The minimum absolute atomic E-state index is 0.593. The molecule has 5 nitrogen and oxygen atoms in total. The van der Waals surface area contributed by atoms with E-state index in [9.17, 15) is 0 Å². The van der Waals surface area contributed by atoms with E-state index in [1.807, 2.05) is 42.5 Å². The molecular formula is C49H31N3O2. The van der Waals surface area contributed by atoms with Gasteiger partial charge in [0.05, 0.1) is 27.8 Å². The van der Waals surface area contributed by atoms with Crippen molar-refractivity contribution in [3.63, 3.8) is 0 Å². The first-order valence-corrected chi connectivity index (χ1v) is 18.1. The van der Waals surface area contributed by atoms with Crippen LogP contribution in [0.15, 0.2) is 197 Å². The summed E-state index contributed by atoms with van der Waals surface area (Å²) in [6.07, 6.45) is 0. The first-order valence-electron chi connectivity index (χ1n) is 18.1. The molecule has 0 bridgehead atoms. The van der Waals surface area contributed by atoms with Crippen LogP contribution < -0.4 is 4.90 Å². The van der Waals surface area contributed by atoms with Gasteiger partial charge in [-0.25, -0.2) is 4.98 Å². The minimum atomic E-state index is 0.593. The Morgan fingerprint density at radius 3 is 1.98 bits per heavy atom. The molecule has 5 heteroatoms. The maximum atomic E-state index is 6.65. The maximum absolute atomic E-state index is 6.65. The van der Waals surface area contributed by atoms with Crippen molar-refractivity contribution in [3.8, 4) is 28.3 Å². The normalized spacial score (nSPS) is 11.7. The third-order valence-corrected chi connectivity index (χ3v) is 10.4. The second-order valence-corrected chi connectivity index (χ2v) is 13.5. The third-order valence-electron chi connectivity index (χ3n) is 10.4. The summed E-state index contributed by atoms with van der Waals surface area (Å²) in [6, 6.07) is 65.7. The van der Waals surface area contributed by atoms with Crippen LogP contribution in [0, 0.1) is 0 Å². The molecule has 0 aliphatic rings. The quantitative estimate of drug-likeness (QED) is 0.174. The summed E-state index contributed by atoms with van der Waals surface area (Å²) in [5.41, 5.74) is 12.8. The number of hydrogen-bond acceptors (Lipinski definition) is 4. The first kappa shape index (κ1) is 30.3. The van der Waals surface area contributed by atoms with E-state index in [1.54, 1.807) is 0 Å². The Morgan fingerprint density at radius 2 is 1.15 bits per heavy atom. The molecular weight excluding hydrogens is 663 g/mol. The molecule has 0 atom stereocenters. The number of aromatic nitrogens is 2. The molecule has 3 aromatic heterocycles. The van der Waals surface area contributed by atoms with Gasteiger partial charge in [0.15, 0.2) is 5.58 Å². The van der Waals surface area contributed by atoms with Crippen molar-refractivity contribution in [1.82, 2.24) is 9.55 Å². The van der Waals surface area contributed by atoms with Crippen molar-refractivity contribution < 1.29 is 8.83 Å². The summed E-state index contributed by atoms with van der Waals surface area (Å²) in [5, 5.41) is 4.25. The average Bonchev–Trinajstić information content (AvgIpc) is 3.94. The lowest BCUT2D eigenvalue weighted by Gasteiger charge is -2.28. The highest BCUT2D eigenvalue weighted by atomic mass is 16.4. The summed E-state index contributed by atoms with van der Waals surface area (Å²) < 4.78 is 15.5. The SMILES string of the molecule is c1ccc(-c2nc3ccc4oc5cc(N(c6ccccc6-c6ccccc6)c6cccc7c6c6ccccc6n7-c6ccccc6)ccc5c4c3o2)cc1. The lowest BCUT2D eigenvalue weighted by atomic mass is 10.0. The molecule has 8 aromatic carbocycles. The van der Waals surface area contributed by atoms with Crippen LogP contribution >= 0.6 is 0 Å². The molecule has 0 fully saturated rings. The van der Waals surface area contributed by atoms with Gasteiger partial charge < -0.3 is 18.3 Å². The van der Waals surface area contributed by atoms with Crippen molar-refractivity contribution in [2.24, 2.45) is 0 Å². The number of oxazole rings is 1. The van der Waals surface area contributed by atoms with Gasteiger partial charge in [0, 0.05) is 44.7 Å². The second kappa shape index (κ2) is 12.1. The van der Waals surface area contributed by atoms with Gasteiger partial charge in [-0.3, -0.25) is 0 Å². The fourth-order valence-corrected chi connectivity index (χ4v) is 8.06. The molecule has 0 radical (unpaired) electrons. The van der Waals surface area contributed by atoms with Gasteiger partial charge in [-0.15, -0.1) is 0 Å². The van der Waals surface area contributed by atoms with Crippen molar-refractivity contribution in [2.45, 2.75) is 0 Å². The highest BCUT2D eigenvalue weighted by Crippen LogP contribution is 2.48. The smallest absolute Gasteiger partial charge is 0.227 e. The van der Waals surface area contributed by atoms with Gasteiger partial charge in [-0.05, 0) is 78.4 Å². The number of nitrogens with zero attached hydrogens (tertiary/aromatic N) is 3. The van der Waals surface area contributed by atoms with E-state index < -0.39 is 0 Å². The number of furan rings is 1. The third kappa shape index (κ3) is 4.69. The Hall–Kier alpha value is -7.37. The molecule has 0 saturated heterocycles. The molecule has 0 aliphatic carbocycles. The van der Waals surface area contributed by atoms with E-state index in [-0.39, 0.29) is 0 Å². The van der Waals surface area contributed by atoms with Gasteiger partial charge in [0.1, 0.15) is 16.7 Å². The average molecular weight is 694 g/mol. The molecule has 54 heavy (non-hydrogen) atoms. The summed E-state index contributed by atoms with van der Waals surface area (Å²) in [4.78, 5) is 7.23. The molecule has 0 N–H and O–H groups in total. The van der Waals surface area contributed by atoms with Crippen LogP contribution in [-0.2, 0) is 0 Å². The highest BCUT2D eigenvalue weighted by Gasteiger charge is 2.24. The molecule has 0 amide bonds. The topological polar surface area (TPSA) is 47.3 Å². The zero-order valence-corrected chi connectivity index (χ0v) is 29.1. The molecule has 0 spiro atoms. The van der Waals surface area contributed by atoms with E-state index >= 15 is 0 Å². The van der Waals surface area contributed by atoms with Gasteiger partial charge in [0.2, 0.25) is 5.89 Å². The predicted octanol–water partition coefficient (Wildman–Crippen LogP) is 13.6. The molecule has 254 valence electrons. The number of rotatable bonds is 6. The van der Waals surface area contributed by atoms with Crippen LogP contribution in [0.1, 0.15) is 0 Å². The Balaban J connectivity index is 1.18. The lowest BCUT2D eigenvalue weighted by molar-refractivity contribution is 0.622. The van der Waals surface area contributed by atoms with E-state index in [1.165, 1.54) is 10.8 Å². The van der Waals surface area contributed by atoms with Crippen LogP contribution in [0.5, 0.6) is 0 Å². The fraction of sp³-hybridized carbons (Fsp3) is 0. The standard InChI is InChI=1S/C49H31N3O2/c1-4-15-32(16-5-1)36-21-10-12-23-40(36)52(43-26-14-25-42-46(43)37-22-11-13-24-41(37)51(42)34-19-8-3-9-20-34)35-27-28-38-45(31-35)53-44-30-29-39-48(47(38)44)54-49(50-39)33-17-6-2-7-18-33/h1-31H. The number of anilines is 3. The molecule has 0 unspecified atom stereocenters. The molecule has 0 saturated carbocycles. The molecule has 0 aliphatic heterocycles. The van der Waals surface area contributed by atoms with E-state index in [2.05, 4.69) is 155 Å². The largest absolute Gasteiger partial charge is 0.456 e. The fourth-order valence-electron chi connectivity index (χ4n) is 8.06. The number of benzene rings is 8. The molecule has 11 rings (SSSR count). The Bertz CT molecular complexity index is 3160. The van der Waals surface area contributed by atoms with Crippen LogP contribution in [0.25, 0.3) is 83.1 Å².